The zero-order chi connectivity index (χ0) is 22.3. The highest BCUT2D eigenvalue weighted by Crippen LogP contribution is 2.24. The zero-order valence-corrected chi connectivity index (χ0v) is 18.1. The minimum absolute atomic E-state index is 0.129. The molecule has 4 rings (SSSR count). The summed E-state index contributed by atoms with van der Waals surface area (Å²) in [6.45, 7) is 4.42. The zero-order valence-electron chi connectivity index (χ0n) is 17.3. The molecule has 1 fully saturated rings. The maximum absolute atomic E-state index is 13.0. The average molecular weight is 452 g/mol. The van der Waals surface area contributed by atoms with E-state index in [0.29, 0.717) is 12.1 Å². The van der Waals surface area contributed by atoms with Gasteiger partial charge in [-0.05, 0) is 48.5 Å². The third-order valence-corrected chi connectivity index (χ3v) is 5.85. The molecule has 9 heteroatoms. The molecule has 1 N–H and O–H groups in total. The summed E-state index contributed by atoms with van der Waals surface area (Å²) >= 11 is 1.14. The Balaban J connectivity index is 1.25. The van der Waals surface area contributed by atoms with E-state index in [4.69, 9.17) is 10.8 Å². The van der Waals surface area contributed by atoms with Crippen LogP contribution < -0.4 is 10.2 Å². The molecule has 0 unspecified atom stereocenters. The minimum Gasteiger partial charge on any atom is -0.411 e. The number of carbonyl (C=O) groups excluding carboxylic acids is 1. The normalized spacial score (nSPS) is 14.2. The molecule has 0 saturated carbocycles. The van der Waals surface area contributed by atoms with E-state index in [1.54, 1.807) is 12.1 Å². The van der Waals surface area contributed by atoms with Crippen LogP contribution in [-0.4, -0.2) is 59.5 Å². The molecule has 3 aromatic rings. The number of hydrogen-bond donors (Lipinski definition) is 1. The van der Waals surface area contributed by atoms with Crippen LogP contribution in [0, 0.1) is 18.2 Å². The molecule has 1 amide bonds. The minimum atomic E-state index is -0.338. The van der Waals surface area contributed by atoms with E-state index < -0.39 is 0 Å². The number of nitrogens with one attached hydrogen (secondary N) is 1. The lowest BCUT2D eigenvalue weighted by molar-refractivity contribution is -0.113. The summed E-state index contributed by atoms with van der Waals surface area (Å²) in [5.41, 5.74) is 2.47. The van der Waals surface area contributed by atoms with Crippen molar-refractivity contribution in [3.05, 3.63) is 54.3 Å². The molecule has 7 nitrogen and oxygen atoms in total. The molecule has 2 heterocycles. The van der Waals surface area contributed by atoms with Crippen molar-refractivity contribution in [2.75, 3.05) is 48.7 Å². The first kappa shape index (κ1) is 21.9. The highest BCUT2D eigenvalue weighted by atomic mass is 32.2. The Kier molecular flexibility index (Phi) is 7.04. The summed E-state index contributed by atoms with van der Waals surface area (Å²) in [6, 6.07) is 13.6. The third kappa shape index (κ3) is 5.66. The van der Waals surface area contributed by atoms with E-state index in [9.17, 15) is 9.18 Å². The van der Waals surface area contributed by atoms with Crippen LogP contribution in [0.4, 0.5) is 15.8 Å². The van der Waals surface area contributed by atoms with Gasteiger partial charge in [-0.25, -0.2) is 4.39 Å². The second-order valence-corrected chi connectivity index (χ2v) is 8.16. The second kappa shape index (κ2) is 10.3. The molecule has 0 bridgehead atoms. The van der Waals surface area contributed by atoms with E-state index in [-0.39, 0.29) is 28.6 Å². The van der Waals surface area contributed by atoms with Crippen LogP contribution in [0.1, 0.15) is 0 Å². The predicted octanol–water partition coefficient (Wildman–Crippen LogP) is 3.36. The number of aromatic nitrogens is 2. The first-order chi connectivity index (χ1) is 15.6. The van der Waals surface area contributed by atoms with Crippen molar-refractivity contribution in [3.63, 3.8) is 0 Å². The van der Waals surface area contributed by atoms with Gasteiger partial charge >= 0.3 is 0 Å². The molecule has 164 valence electrons. The topological polar surface area (TPSA) is 74.5 Å². The molecule has 0 radical (unpaired) electrons. The number of halogens is 1. The van der Waals surface area contributed by atoms with Crippen molar-refractivity contribution in [2.45, 2.75) is 5.22 Å². The molecule has 2 aromatic carbocycles. The first-order valence-electron chi connectivity index (χ1n) is 10.1. The summed E-state index contributed by atoms with van der Waals surface area (Å²) in [5, 5.41) is 11.0. The number of nitrogens with zero attached hydrogens (tertiary/aromatic N) is 4. The van der Waals surface area contributed by atoms with Crippen molar-refractivity contribution in [2.24, 2.45) is 0 Å². The molecule has 0 aliphatic carbocycles. The fourth-order valence-electron chi connectivity index (χ4n) is 3.35. The van der Waals surface area contributed by atoms with E-state index in [1.807, 2.05) is 24.3 Å². The van der Waals surface area contributed by atoms with E-state index in [1.165, 1.54) is 12.1 Å². The second-order valence-electron chi connectivity index (χ2n) is 7.23. The van der Waals surface area contributed by atoms with Crippen LogP contribution in [0.15, 0.2) is 58.2 Å². The van der Waals surface area contributed by atoms with Crippen LogP contribution in [0.2, 0.25) is 0 Å². The SMILES string of the molecule is C#CCN1CCN(c2ccc(NC(=O)CSc3nnc(-c4ccc(F)cc4)o3)cc2)CC1. The largest absolute Gasteiger partial charge is 0.411 e. The number of piperazine rings is 1. The van der Waals surface area contributed by atoms with Crippen LogP contribution in [-0.2, 0) is 4.79 Å². The Bertz CT molecular complexity index is 1090. The number of thioether (sulfide) groups is 1. The lowest BCUT2D eigenvalue weighted by Crippen LogP contribution is -2.46. The van der Waals surface area contributed by atoms with Gasteiger partial charge in [0, 0.05) is 43.1 Å². The number of terminal acetylenes is 1. The summed E-state index contributed by atoms with van der Waals surface area (Å²) in [4.78, 5) is 16.9. The number of anilines is 2. The number of hydrogen-bond acceptors (Lipinski definition) is 7. The Labute approximate surface area is 190 Å². The summed E-state index contributed by atoms with van der Waals surface area (Å²) in [5.74, 6) is 2.59. The van der Waals surface area contributed by atoms with Crippen molar-refractivity contribution >= 4 is 29.0 Å². The Hall–Kier alpha value is -3.35. The predicted molar refractivity (Wildman–Crippen MR) is 123 cm³/mol. The monoisotopic (exact) mass is 451 g/mol. The van der Waals surface area contributed by atoms with E-state index in [2.05, 4.69) is 31.2 Å². The van der Waals surface area contributed by atoms with Gasteiger partial charge in [0.2, 0.25) is 11.8 Å². The van der Waals surface area contributed by atoms with E-state index >= 15 is 0 Å². The number of rotatable bonds is 7. The lowest BCUT2D eigenvalue weighted by atomic mass is 10.2. The molecular weight excluding hydrogens is 429 g/mol. The molecular formula is C23H22FN5O2S. The van der Waals surface area contributed by atoms with Crippen LogP contribution in [0.5, 0.6) is 0 Å². The summed E-state index contributed by atoms with van der Waals surface area (Å²) in [6.07, 6.45) is 5.38. The van der Waals surface area contributed by atoms with Crippen molar-refractivity contribution in [1.29, 1.82) is 0 Å². The third-order valence-electron chi connectivity index (χ3n) is 5.03. The van der Waals surface area contributed by atoms with Gasteiger partial charge in [0.15, 0.2) is 0 Å². The molecule has 1 aliphatic rings. The number of carbonyl (C=O) groups is 1. The molecule has 0 spiro atoms. The number of benzene rings is 2. The average Bonchev–Trinajstić information content (AvgIpc) is 3.29. The van der Waals surface area contributed by atoms with Crippen molar-refractivity contribution in [3.8, 4) is 23.8 Å². The Morgan fingerprint density at radius 1 is 1.09 bits per heavy atom. The summed E-state index contributed by atoms with van der Waals surface area (Å²) in [7, 11) is 0. The van der Waals surface area contributed by atoms with Crippen LogP contribution in [0.3, 0.4) is 0 Å². The Morgan fingerprint density at radius 3 is 2.50 bits per heavy atom. The smallest absolute Gasteiger partial charge is 0.277 e. The quantitative estimate of drug-likeness (QED) is 0.436. The van der Waals surface area contributed by atoms with Crippen molar-refractivity contribution < 1.29 is 13.6 Å². The first-order valence-corrected chi connectivity index (χ1v) is 11.1. The molecule has 1 aliphatic heterocycles. The van der Waals surface area contributed by atoms with Gasteiger partial charge in [0.25, 0.3) is 5.22 Å². The number of amides is 1. The van der Waals surface area contributed by atoms with Gasteiger partial charge in [-0.15, -0.1) is 16.6 Å². The molecule has 1 aromatic heterocycles. The maximum atomic E-state index is 13.0. The van der Waals surface area contributed by atoms with Gasteiger partial charge in [0.1, 0.15) is 5.82 Å². The molecule has 0 atom stereocenters. The van der Waals surface area contributed by atoms with Gasteiger partial charge in [0.05, 0.1) is 12.3 Å². The lowest BCUT2D eigenvalue weighted by Gasteiger charge is -2.35. The molecule has 32 heavy (non-hydrogen) atoms. The van der Waals surface area contributed by atoms with Gasteiger partial charge in [-0.1, -0.05) is 17.7 Å². The summed E-state index contributed by atoms with van der Waals surface area (Å²) < 4.78 is 18.6. The van der Waals surface area contributed by atoms with Crippen LogP contribution >= 0.6 is 11.8 Å². The maximum Gasteiger partial charge on any atom is 0.277 e. The van der Waals surface area contributed by atoms with Gasteiger partial charge in [-0.3, -0.25) is 9.69 Å². The fraction of sp³-hybridized carbons (Fsp3) is 0.261. The highest BCUT2D eigenvalue weighted by Gasteiger charge is 2.16. The van der Waals surface area contributed by atoms with Gasteiger partial charge in [-0.2, -0.15) is 0 Å². The fourth-order valence-corrected chi connectivity index (χ4v) is 3.91. The molecule has 1 saturated heterocycles. The van der Waals surface area contributed by atoms with Crippen LogP contribution in [0.25, 0.3) is 11.5 Å². The van der Waals surface area contributed by atoms with Gasteiger partial charge < -0.3 is 14.6 Å². The van der Waals surface area contributed by atoms with Crippen molar-refractivity contribution in [1.82, 2.24) is 15.1 Å². The highest BCUT2D eigenvalue weighted by molar-refractivity contribution is 7.99. The standard InChI is InChI=1S/C23H22FN5O2S/c1-2-11-28-12-14-29(15-13-28)20-9-7-19(8-10-20)25-21(30)16-32-23-27-26-22(31-23)17-3-5-18(24)6-4-17/h1,3-10H,11-16H2,(H,25,30). The van der Waals surface area contributed by atoms with E-state index in [0.717, 1.165) is 49.3 Å². The Morgan fingerprint density at radius 2 is 1.81 bits per heavy atom.